The predicted octanol–water partition coefficient (Wildman–Crippen LogP) is -1.28. The number of carboxylic acids is 2. The van der Waals surface area contributed by atoms with Gasteiger partial charge in [-0.3, -0.25) is 9.59 Å². The molecular weight excluding hydrogens is 176 g/mol. The maximum Gasteiger partial charge on any atom is 0.317 e. The molecule has 0 saturated heterocycles. The predicted molar refractivity (Wildman–Crippen MR) is 45.6 cm³/mol. The SMILES string of the molecule is CC(CNCC(=O)O)NCC(=O)O. The van der Waals surface area contributed by atoms with Gasteiger partial charge in [-0.1, -0.05) is 0 Å². The van der Waals surface area contributed by atoms with Crippen molar-refractivity contribution in [1.29, 1.82) is 0 Å². The van der Waals surface area contributed by atoms with Gasteiger partial charge in [-0.25, -0.2) is 0 Å². The van der Waals surface area contributed by atoms with Gasteiger partial charge in [0.25, 0.3) is 0 Å². The van der Waals surface area contributed by atoms with Crippen LogP contribution in [0, 0.1) is 0 Å². The van der Waals surface area contributed by atoms with Crippen LogP contribution in [0.3, 0.4) is 0 Å². The maximum atomic E-state index is 10.1. The van der Waals surface area contributed by atoms with Crippen molar-refractivity contribution in [2.45, 2.75) is 13.0 Å². The highest BCUT2D eigenvalue weighted by atomic mass is 16.4. The second-order valence-corrected chi connectivity index (χ2v) is 2.70. The summed E-state index contributed by atoms with van der Waals surface area (Å²) in [6.07, 6.45) is 0. The van der Waals surface area contributed by atoms with Gasteiger partial charge >= 0.3 is 11.9 Å². The van der Waals surface area contributed by atoms with Crippen LogP contribution in [0.2, 0.25) is 0 Å². The number of hydrogen-bond donors (Lipinski definition) is 4. The number of hydrogen-bond acceptors (Lipinski definition) is 4. The van der Waals surface area contributed by atoms with E-state index in [0.717, 1.165) is 0 Å². The average Bonchev–Trinajstić information content (AvgIpc) is 2.00. The average molecular weight is 190 g/mol. The summed E-state index contributed by atoms with van der Waals surface area (Å²) in [6.45, 7) is 1.98. The Morgan fingerprint density at radius 1 is 1.23 bits per heavy atom. The van der Waals surface area contributed by atoms with Crippen molar-refractivity contribution in [2.24, 2.45) is 0 Å². The normalized spacial score (nSPS) is 12.4. The van der Waals surface area contributed by atoms with Gasteiger partial charge in [-0.05, 0) is 6.92 Å². The van der Waals surface area contributed by atoms with Crippen molar-refractivity contribution in [3.8, 4) is 0 Å². The van der Waals surface area contributed by atoms with Crippen molar-refractivity contribution in [2.75, 3.05) is 19.6 Å². The quantitative estimate of drug-likeness (QED) is 0.399. The number of carbonyl (C=O) groups is 2. The molecule has 0 aromatic rings. The van der Waals surface area contributed by atoms with Crippen molar-refractivity contribution >= 4 is 11.9 Å². The van der Waals surface area contributed by atoms with E-state index in [1.165, 1.54) is 0 Å². The molecule has 0 fully saturated rings. The van der Waals surface area contributed by atoms with Gasteiger partial charge in [-0.2, -0.15) is 0 Å². The number of aliphatic carboxylic acids is 2. The van der Waals surface area contributed by atoms with E-state index in [1.54, 1.807) is 6.92 Å². The second kappa shape index (κ2) is 6.38. The summed E-state index contributed by atoms with van der Waals surface area (Å²) in [5, 5.41) is 21.9. The Hall–Kier alpha value is -1.14. The molecule has 0 aliphatic carbocycles. The van der Waals surface area contributed by atoms with Crippen LogP contribution in [-0.2, 0) is 9.59 Å². The lowest BCUT2D eigenvalue weighted by Crippen LogP contribution is -2.40. The lowest BCUT2D eigenvalue weighted by molar-refractivity contribution is -0.137. The Bertz CT molecular complexity index is 183. The molecule has 13 heavy (non-hydrogen) atoms. The van der Waals surface area contributed by atoms with Gasteiger partial charge in [0.15, 0.2) is 0 Å². The minimum atomic E-state index is -0.926. The Morgan fingerprint density at radius 3 is 2.23 bits per heavy atom. The molecule has 0 spiro atoms. The molecule has 0 heterocycles. The summed E-state index contributed by atoms with van der Waals surface area (Å²) >= 11 is 0. The Labute approximate surface area is 75.9 Å². The van der Waals surface area contributed by atoms with Crippen LogP contribution in [0.15, 0.2) is 0 Å². The number of rotatable bonds is 7. The molecule has 0 radical (unpaired) electrons. The van der Waals surface area contributed by atoms with E-state index >= 15 is 0 Å². The molecule has 6 heteroatoms. The molecule has 1 unspecified atom stereocenters. The first-order valence-corrected chi connectivity index (χ1v) is 3.90. The van der Waals surface area contributed by atoms with Crippen molar-refractivity contribution in [3.05, 3.63) is 0 Å². The maximum absolute atomic E-state index is 10.1. The topological polar surface area (TPSA) is 98.7 Å². The Balaban J connectivity index is 3.35. The lowest BCUT2D eigenvalue weighted by atomic mass is 10.3. The summed E-state index contributed by atoms with van der Waals surface area (Å²) in [5.74, 6) is -1.85. The first-order chi connectivity index (χ1) is 6.02. The molecule has 0 saturated carbocycles. The van der Waals surface area contributed by atoms with Crippen LogP contribution >= 0.6 is 0 Å². The summed E-state index contributed by atoms with van der Waals surface area (Å²) in [6, 6.07) is -0.0598. The highest BCUT2D eigenvalue weighted by Gasteiger charge is 2.03. The van der Waals surface area contributed by atoms with E-state index in [1.807, 2.05) is 0 Å². The van der Waals surface area contributed by atoms with Crippen LogP contribution in [-0.4, -0.2) is 47.8 Å². The Morgan fingerprint density at radius 2 is 1.77 bits per heavy atom. The molecule has 0 aromatic heterocycles. The summed E-state index contributed by atoms with van der Waals surface area (Å²) in [7, 11) is 0. The van der Waals surface area contributed by atoms with E-state index in [9.17, 15) is 9.59 Å². The number of carboxylic acid groups (broad SMARTS) is 2. The molecule has 0 rings (SSSR count). The van der Waals surface area contributed by atoms with Crippen LogP contribution < -0.4 is 10.6 Å². The highest BCUT2D eigenvalue weighted by Crippen LogP contribution is 1.77. The van der Waals surface area contributed by atoms with E-state index in [-0.39, 0.29) is 19.1 Å². The van der Waals surface area contributed by atoms with Crippen molar-refractivity contribution in [1.82, 2.24) is 10.6 Å². The van der Waals surface area contributed by atoms with Gasteiger partial charge in [0.2, 0.25) is 0 Å². The minimum absolute atomic E-state index is 0.0598. The fourth-order valence-electron chi connectivity index (χ4n) is 0.729. The van der Waals surface area contributed by atoms with Crippen LogP contribution in [0.25, 0.3) is 0 Å². The van der Waals surface area contributed by atoms with E-state index in [4.69, 9.17) is 10.2 Å². The fourth-order valence-corrected chi connectivity index (χ4v) is 0.729. The van der Waals surface area contributed by atoms with Gasteiger partial charge in [0.1, 0.15) is 0 Å². The molecule has 6 nitrogen and oxygen atoms in total. The second-order valence-electron chi connectivity index (χ2n) is 2.70. The molecule has 0 aromatic carbocycles. The third kappa shape index (κ3) is 8.77. The highest BCUT2D eigenvalue weighted by molar-refractivity contribution is 5.69. The van der Waals surface area contributed by atoms with Gasteiger partial charge in [0, 0.05) is 12.6 Å². The third-order valence-corrected chi connectivity index (χ3v) is 1.33. The zero-order valence-corrected chi connectivity index (χ0v) is 7.41. The Kier molecular flexibility index (Phi) is 5.82. The first-order valence-electron chi connectivity index (χ1n) is 3.90. The summed E-state index contributed by atoms with van der Waals surface area (Å²) in [4.78, 5) is 20.2. The molecule has 0 bridgehead atoms. The number of nitrogens with one attached hydrogen (secondary N) is 2. The first kappa shape index (κ1) is 11.9. The van der Waals surface area contributed by atoms with Crippen LogP contribution in [0.4, 0.5) is 0 Å². The molecular formula is C7H14N2O4. The van der Waals surface area contributed by atoms with Crippen molar-refractivity contribution < 1.29 is 19.8 Å². The zero-order valence-electron chi connectivity index (χ0n) is 7.41. The minimum Gasteiger partial charge on any atom is -0.480 e. The molecule has 76 valence electrons. The van der Waals surface area contributed by atoms with E-state index in [0.29, 0.717) is 6.54 Å². The standard InChI is InChI=1S/C7H14N2O4/c1-5(9-4-7(12)13)2-8-3-6(10)11/h5,8-9H,2-4H2,1H3,(H,10,11)(H,12,13). The molecule has 0 amide bonds. The van der Waals surface area contributed by atoms with Gasteiger partial charge in [0.05, 0.1) is 13.1 Å². The summed E-state index contributed by atoms with van der Waals surface area (Å²) in [5.41, 5.74) is 0. The lowest BCUT2D eigenvalue weighted by Gasteiger charge is -2.11. The molecule has 0 aliphatic heterocycles. The smallest absolute Gasteiger partial charge is 0.317 e. The fraction of sp³-hybridized carbons (Fsp3) is 0.714. The molecule has 4 N–H and O–H groups in total. The van der Waals surface area contributed by atoms with E-state index < -0.39 is 11.9 Å². The third-order valence-electron chi connectivity index (χ3n) is 1.33. The largest absolute Gasteiger partial charge is 0.480 e. The molecule has 1 atom stereocenters. The monoisotopic (exact) mass is 190 g/mol. The zero-order chi connectivity index (χ0) is 10.3. The van der Waals surface area contributed by atoms with Gasteiger partial charge < -0.3 is 20.8 Å². The van der Waals surface area contributed by atoms with E-state index in [2.05, 4.69) is 10.6 Å². The van der Waals surface area contributed by atoms with Crippen molar-refractivity contribution in [3.63, 3.8) is 0 Å². The van der Waals surface area contributed by atoms with Gasteiger partial charge in [-0.15, -0.1) is 0 Å². The summed E-state index contributed by atoms with van der Waals surface area (Å²) < 4.78 is 0. The molecule has 0 aliphatic rings. The van der Waals surface area contributed by atoms with Crippen LogP contribution in [0.5, 0.6) is 0 Å². The van der Waals surface area contributed by atoms with Crippen LogP contribution in [0.1, 0.15) is 6.92 Å².